The number of nitrogens with zero attached hydrogens (tertiary/aromatic N) is 2. The van der Waals surface area contributed by atoms with Crippen molar-refractivity contribution < 1.29 is 9.53 Å². The highest BCUT2D eigenvalue weighted by atomic mass is 16.5. The summed E-state index contributed by atoms with van der Waals surface area (Å²) < 4.78 is 4.40. The molecule has 0 amide bonds. The average Bonchev–Trinajstić information content (AvgIpc) is 3.04. The Morgan fingerprint density at radius 1 is 1.12 bits per heavy atom. The van der Waals surface area contributed by atoms with E-state index >= 15 is 0 Å². The summed E-state index contributed by atoms with van der Waals surface area (Å²) in [4.78, 5) is 14.2. The van der Waals surface area contributed by atoms with E-state index in [0.717, 1.165) is 33.1 Å². The Hall–Kier alpha value is -3.21. The van der Waals surface area contributed by atoms with Gasteiger partial charge < -0.3 is 4.74 Å². The van der Waals surface area contributed by atoms with Crippen LogP contribution in [0.5, 0.6) is 0 Å². The number of nitrogens with one attached hydrogen (secondary N) is 1. The molecule has 132 valence electrons. The van der Waals surface area contributed by atoms with Gasteiger partial charge in [0, 0.05) is 29.5 Å². The van der Waals surface area contributed by atoms with E-state index in [0.29, 0.717) is 6.61 Å². The molecule has 4 aromatic rings. The fourth-order valence-corrected chi connectivity index (χ4v) is 2.84. The number of pyridine rings is 1. The number of fused-ring (bicyclic) bond motifs is 2. The van der Waals surface area contributed by atoms with Crippen molar-refractivity contribution in [1.29, 1.82) is 0 Å². The molecular formula is C21H21N3O2. The number of H-pyrrole nitrogens is 1. The van der Waals surface area contributed by atoms with Crippen molar-refractivity contribution in [2.24, 2.45) is 0 Å². The predicted molar refractivity (Wildman–Crippen MR) is 104 cm³/mol. The van der Waals surface area contributed by atoms with Crippen molar-refractivity contribution in [3.05, 3.63) is 60.3 Å². The summed E-state index contributed by atoms with van der Waals surface area (Å²) in [7, 11) is 0. The minimum absolute atomic E-state index is 0.211. The maximum Gasteiger partial charge on any atom is 0.302 e. The Morgan fingerprint density at radius 3 is 2.65 bits per heavy atom. The molecule has 0 spiro atoms. The Labute approximate surface area is 152 Å². The molecule has 2 heterocycles. The summed E-state index contributed by atoms with van der Waals surface area (Å²) in [6.07, 6.45) is 1.84. The Kier molecular flexibility index (Phi) is 5.27. The molecule has 0 saturated heterocycles. The molecule has 4 rings (SSSR count). The highest BCUT2D eigenvalue weighted by Crippen LogP contribution is 2.31. The number of rotatable bonds is 2. The van der Waals surface area contributed by atoms with Gasteiger partial charge in [-0.15, -0.1) is 0 Å². The number of para-hydroxylation sites is 1. The van der Waals surface area contributed by atoms with Crippen molar-refractivity contribution in [1.82, 2.24) is 15.2 Å². The quantitative estimate of drug-likeness (QED) is 0.536. The lowest BCUT2D eigenvalue weighted by Gasteiger charge is -2.04. The number of esters is 1. The summed E-state index contributed by atoms with van der Waals surface area (Å²) in [5.41, 5.74) is 5.40. The predicted octanol–water partition coefficient (Wildman–Crippen LogP) is 4.66. The zero-order chi connectivity index (χ0) is 18.5. The van der Waals surface area contributed by atoms with E-state index < -0.39 is 0 Å². The summed E-state index contributed by atoms with van der Waals surface area (Å²) in [5.74, 6) is -0.211. The SMILES string of the molecule is CCOC(C)=O.Cc1ccc2[nH]nc(-c3ccnc4ccccc34)c2c1. The fraction of sp³-hybridized carbons (Fsp3) is 0.190. The minimum atomic E-state index is -0.211. The first-order valence-corrected chi connectivity index (χ1v) is 8.52. The summed E-state index contributed by atoms with van der Waals surface area (Å²) in [6, 6.07) is 16.5. The monoisotopic (exact) mass is 347 g/mol. The van der Waals surface area contributed by atoms with Crippen LogP contribution >= 0.6 is 0 Å². The normalized spacial score (nSPS) is 10.4. The maximum atomic E-state index is 9.82. The van der Waals surface area contributed by atoms with E-state index in [2.05, 4.69) is 51.1 Å². The second-order valence-electron chi connectivity index (χ2n) is 5.92. The van der Waals surface area contributed by atoms with Crippen LogP contribution < -0.4 is 0 Å². The second kappa shape index (κ2) is 7.78. The van der Waals surface area contributed by atoms with Crippen LogP contribution in [-0.2, 0) is 9.53 Å². The first kappa shape index (κ1) is 17.6. The standard InChI is InChI=1S/C17H13N3.C4H8O2/c1-11-6-7-16-14(10-11)17(20-19-16)13-8-9-18-15-5-3-2-4-12(13)15;1-3-6-4(2)5/h2-10H,1H3,(H,19,20);3H2,1-2H3. The van der Waals surface area contributed by atoms with E-state index in [-0.39, 0.29) is 5.97 Å². The van der Waals surface area contributed by atoms with E-state index in [1.807, 2.05) is 30.5 Å². The zero-order valence-corrected chi connectivity index (χ0v) is 15.1. The molecule has 26 heavy (non-hydrogen) atoms. The largest absolute Gasteiger partial charge is 0.466 e. The van der Waals surface area contributed by atoms with Gasteiger partial charge in [0.05, 0.1) is 17.6 Å². The third-order valence-electron chi connectivity index (χ3n) is 3.97. The van der Waals surface area contributed by atoms with Crippen LogP contribution in [0.4, 0.5) is 0 Å². The van der Waals surface area contributed by atoms with Crippen LogP contribution in [0.2, 0.25) is 0 Å². The van der Waals surface area contributed by atoms with Crippen LogP contribution in [0.1, 0.15) is 19.4 Å². The molecule has 0 unspecified atom stereocenters. The van der Waals surface area contributed by atoms with Crippen molar-refractivity contribution in [3.8, 4) is 11.3 Å². The lowest BCUT2D eigenvalue weighted by molar-refractivity contribution is -0.140. The molecule has 0 fully saturated rings. The molecule has 2 aromatic heterocycles. The number of carbonyl (C=O) groups is 1. The molecule has 1 N–H and O–H groups in total. The van der Waals surface area contributed by atoms with E-state index in [1.165, 1.54) is 12.5 Å². The van der Waals surface area contributed by atoms with Gasteiger partial charge in [0.25, 0.3) is 0 Å². The van der Waals surface area contributed by atoms with Crippen LogP contribution in [0, 0.1) is 6.92 Å². The topological polar surface area (TPSA) is 67.9 Å². The molecule has 5 nitrogen and oxygen atoms in total. The molecule has 0 aliphatic rings. The number of aryl methyl sites for hydroxylation is 1. The fourth-order valence-electron chi connectivity index (χ4n) is 2.84. The maximum absolute atomic E-state index is 9.82. The average molecular weight is 347 g/mol. The Balaban J connectivity index is 0.000000286. The number of aromatic nitrogens is 3. The molecule has 0 bridgehead atoms. The van der Waals surface area contributed by atoms with Gasteiger partial charge in [0.15, 0.2) is 0 Å². The van der Waals surface area contributed by atoms with E-state index in [9.17, 15) is 4.79 Å². The van der Waals surface area contributed by atoms with Crippen LogP contribution in [0.3, 0.4) is 0 Å². The van der Waals surface area contributed by atoms with Crippen LogP contribution in [0.15, 0.2) is 54.7 Å². The minimum Gasteiger partial charge on any atom is -0.466 e. The van der Waals surface area contributed by atoms with Gasteiger partial charge in [-0.25, -0.2) is 0 Å². The van der Waals surface area contributed by atoms with Crippen molar-refractivity contribution in [2.75, 3.05) is 6.61 Å². The molecule has 0 saturated carbocycles. The molecule has 0 radical (unpaired) electrons. The molecule has 0 aliphatic heterocycles. The number of hydrogen-bond acceptors (Lipinski definition) is 4. The number of carbonyl (C=O) groups excluding carboxylic acids is 1. The first-order valence-electron chi connectivity index (χ1n) is 8.52. The van der Waals surface area contributed by atoms with Gasteiger partial charge in [-0.3, -0.25) is 14.9 Å². The van der Waals surface area contributed by atoms with Gasteiger partial charge in [-0.1, -0.05) is 29.8 Å². The van der Waals surface area contributed by atoms with Crippen molar-refractivity contribution in [3.63, 3.8) is 0 Å². The first-order chi connectivity index (χ1) is 12.6. The van der Waals surface area contributed by atoms with E-state index in [1.54, 1.807) is 6.92 Å². The van der Waals surface area contributed by atoms with Gasteiger partial charge in [0.2, 0.25) is 0 Å². The molecular weight excluding hydrogens is 326 g/mol. The summed E-state index contributed by atoms with van der Waals surface area (Å²) >= 11 is 0. The number of ether oxygens (including phenoxy) is 1. The number of aromatic amines is 1. The third-order valence-corrected chi connectivity index (χ3v) is 3.97. The van der Waals surface area contributed by atoms with Gasteiger partial charge in [-0.05, 0) is 38.1 Å². The molecule has 5 heteroatoms. The molecule has 2 aromatic carbocycles. The zero-order valence-electron chi connectivity index (χ0n) is 15.1. The van der Waals surface area contributed by atoms with Crippen LogP contribution in [0.25, 0.3) is 33.1 Å². The Morgan fingerprint density at radius 2 is 1.92 bits per heavy atom. The second-order valence-corrected chi connectivity index (χ2v) is 5.92. The van der Waals surface area contributed by atoms with Gasteiger partial charge in [-0.2, -0.15) is 5.10 Å². The highest BCUT2D eigenvalue weighted by Gasteiger charge is 2.11. The lowest BCUT2D eigenvalue weighted by atomic mass is 10.0. The third kappa shape index (κ3) is 3.72. The lowest BCUT2D eigenvalue weighted by Crippen LogP contribution is -1.95. The summed E-state index contributed by atoms with van der Waals surface area (Å²) in [6.45, 7) is 5.75. The highest BCUT2D eigenvalue weighted by molar-refractivity contribution is 6.02. The smallest absolute Gasteiger partial charge is 0.302 e. The molecule has 0 aliphatic carbocycles. The Bertz CT molecular complexity index is 1050. The number of benzene rings is 2. The number of hydrogen-bond donors (Lipinski definition) is 1. The summed E-state index contributed by atoms with van der Waals surface area (Å²) in [5, 5.41) is 9.90. The van der Waals surface area contributed by atoms with Crippen molar-refractivity contribution in [2.45, 2.75) is 20.8 Å². The van der Waals surface area contributed by atoms with Gasteiger partial charge >= 0.3 is 5.97 Å². The van der Waals surface area contributed by atoms with Crippen molar-refractivity contribution >= 4 is 27.8 Å². The van der Waals surface area contributed by atoms with Crippen LogP contribution in [-0.4, -0.2) is 27.8 Å². The molecule has 0 atom stereocenters. The van der Waals surface area contributed by atoms with Gasteiger partial charge in [0.1, 0.15) is 5.69 Å². The van der Waals surface area contributed by atoms with E-state index in [4.69, 9.17) is 0 Å².